The Morgan fingerprint density at radius 2 is 2.07 bits per heavy atom. The Balaban J connectivity index is 1.58. The molecule has 3 heterocycles. The lowest BCUT2D eigenvalue weighted by Crippen LogP contribution is -2.26. The number of carbonyl (C=O) groups is 1. The van der Waals surface area contributed by atoms with Crippen LogP contribution >= 0.6 is 23.1 Å². The molecule has 152 valence electrons. The first-order valence-corrected chi connectivity index (χ1v) is 10.7. The molecule has 3 aromatic heterocycles. The van der Waals surface area contributed by atoms with E-state index in [9.17, 15) is 14.0 Å². The van der Waals surface area contributed by atoms with E-state index < -0.39 is 0 Å². The molecule has 0 aliphatic carbocycles. The molecule has 11 heteroatoms. The normalized spacial score (nSPS) is 11.0. The van der Waals surface area contributed by atoms with Gasteiger partial charge in [-0.1, -0.05) is 23.9 Å². The number of nitrogens with one attached hydrogen (secondary N) is 1. The van der Waals surface area contributed by atoms with Gasteiger partial charge in [0.2, 0.25) is 5.91 Å². The van der Waals surface area contributed by atoms with Crippen molar-refractivity contribution >= 4 is 45.3 Å². The number of fused-ring (bicyclic) bond motifs is 1. The number of thioether (sulfide) groups is 1. The van der Waals surface area contributed by atoms with Crippen molar-refractivity contribution in [2.24, 2.45) is 0 Å². The minimum atomic E-state index is -0.354. The van der Waals surface area contributed by atoms with E-state index in [1.165, 1.54) is 40.4 Å². The van der Waals surface area contributed by atoms with Crippen LogP contribution in [0.2, 0.25) is 0 Å². The highest BCUT2D eigenvalue weighted by atomic mass is 32.2. The highest BCUT2D eigenvalue weighted by Crippen LogP contribution is 2.18. The average Bonchev–Trinajstić information content (AvgIpc) is 3.25. The number of halogens is 1. The molecule has 4 rings (SSSR count). The van der Waals surface area contributed by atoms with Gasteiger partial charge >= 0.3 is 0 Å². The summed E-state index contributed by atoms with van der Waals surface area (Å²) >= 11 is 2.43. The Kier molecular flexibility index (Phi) is 6.10. The predicted octanol–water partition coefficient (Wildman–Crippen LogP) is 2.76. The number of anilines is 1. The molecule has 0 aliphatic rings. The summed E-state index contributed by atoms with van der Waals surface area (Å²) in [5.74, 6) is -0.562. The first-order chi connectivity index (χ1) is 14.6. The summed E-state index contributed by atoms with van der Waals surface area (Å²) in [5, 5.41) is 5.30. The monoisotopic (exact) mass is 442 g/mol. The van der Waals surface area contributed by atoms with E-state index in [1.54, 1.807) is 23.7 Å². The second-order valence-electron chi connectivity index (χ2n) is 6.13. The smallest absolute Gasteiger partial charge is 0.282 e. The molecular weight excluding hydrogens is 427 g/mol. The first-order valence-electron chi connectivity index (χ1n) is 8.88. The SMILES string of the molecule is O=C(CSc1nc2nccnc2c(=O)n1CCc1cccc(F)c1)Nc1nccs1. The quantitative estimate of drug-likeness (QED) is 0.347. The minimum Gasteiger partial charge on any atom is -0.301 e. The van der Waals surface area contributed by atoms with Crippen LogP contribution < -0.4 is 10.9 Å². The van der Waals surface area contributed by atoms with Gasteiger partial charge < -0.3 is 5.32 Å². The van der Waals surface area contributed by atoms with Crippen LogP contribution in [0.4, 0.5) is 9.52 Å². The number of hydrogen-bond donors (Lipinski definition) is 1. The molecule has 0 saturated carbocycles. The van der Waals surface area contributed by atoms with Gasteiger partial charge in [-0.25, -0.2) is 24.3 Å². The van der Waals surface area contributed by atoms with E-state index in [-0.39, 0.29) is 40.7 Å². The van der Waals surface area contributed by atoms with E-state index in [0.717, 1.165) is 17.3 Å². The maximum absolute atomic E-state index is 13.5. The highest BCUT2D eigenvalue weighted by Gasteiger charge is 2.15. The predicted molar refractivity (Wildman–Crippen MR) is 113 cm³/mol. The lowest BCUT2D eigenvalue weighted by atomic mass is 10.1. The number of rotatable bonds is 7. The number of nitrogens with zero attached hydrogens (tertiary/aromatic N) is 5. The molecule has 0 atom stereocenters. The summed E-state index contributed by atoms with van der Waals surface area (Å²) in [7, 11) is 0. The van der Waals surface area contributed by atoms with Crippen molar-refractivity contribution < 1.29 is 9.18 Å². The number of aromatic nitrogens is 5. The molecule has 0 fully saturated rings. The van der Waals surface area contributed by atoms with Crippen molar-refractivity contribution in [2.45, 2.75) is 18.1 Å². The van der Waals surface area contributed by atoms with E-state index in [4.69, 9.17) is 0 Å². The first kappa shape index (κ1) is 20.1. The number of amides is 1. The Bertz CT molecular complexity index is 1250. The second kappa shape index (κ2) is 9.09. The number of hydrogen-bond acceptors (Lipinski definition) is 8. The van der Waals surface area contributed by atoms with Crippen LogP contribution in [0, 0.1) is 5.82 Å². The summed E-state index contributed by atoms with van der Waals surface area (Å²) in [6.07, 6.45) is 4.90. The largest absolute Gasteiger partial charge is 0.301 e. The molecule has 0 aliphatic heterocycles. The molecule has 1 aromatic carbocycles. The summed E-state index contributed by atoms with van der Waals surface area (Å²) in [6.45, 7) is 0.262. The fraction of sp³-hybridized carbons (Fsp3) is 0.158. The molecule has 4 aromatic rings. The zero-order valence-corrected chi connectivity index (χ0v) is 17.1. The Labute approximate surface area is 178 Å². The van der Waals surface area contributed by atoms with E-state index in [0.29, 0.717) is 16.7 Å². The Morgan fingerprint density at radius 3 is 2.87 bits per heavy atom. The Hall–Kier alpha value is -3.18. The van der Waals surface area contributed by atoms with Crippen molar-refractivity contribution in [3.05, 3.63) is 70.0 Å². The summed E-state index contributed by atoms with van der Waals surface area (Å²) in [6, 6.07) is 6.20. The zero-order valence-electron chi connectivity index (χ0n) is 15.5. The van der Waals surface area contributed by atoms with Gasteiger partial charge in [0, 0.05) is 30.5 Å². The summed E-state index contributed by atoms with van der Waals surface area (Å²) < 4.78 is 14.9. The summed E-state index contributed by atoms with van der Waals surface area (Å²) in [4.78, 5) is 41.8. The van der Waals surface area contributed by atoms with Crippen molar-refractivity contribution in [3.8, 4) is 0 Å². The Morgan fingerprint density at radius 1 is 1.20 bits per heavy atom. The van der Waals surface area contributed by atoms with Crippen molar-refractivity contribution in [1.82, 2.24) is 24.5 Å². The maximum Gasteiger partial charge on any atom is 0.282 e. The van der Waals surface area contributed by atoms with Crippen LogP contribution in [0.15, 0.2) is 58.2 Å². The van der Waals surface area contributed by atoms with Gasteiger partial charge in [-0.3, -0.25) is 14.2 Å². The standard InChI is InChI=1S/C19H15FN6O2S2/c20-13-3-1-2-12(10-13)4-8-26-17(28)15-16(22-6-5-21-15)25-19(26)30-11-14(27)24-18-23-7-9-29-18/h1-3,5-7,9-10H,4,8,11H2,(H,23,24,27). The minimum absolute atomic E-state index is 0.0394. The van der Waals surface area contributed by atoms with Crippen LogP contribution in [-0.2, 0) is 17.8 Å². The molecule has 0 radical (unpaired) electrons. The molecule has 0 bridgehead atoms. The van der Waals surface area contributed by atoms with Gasteiger partial charge in [0.05, 0.1) is 5.75 Å². The molecule has 1 amide bonds. The lowest BCUT2D eigenvalue weighted by Gasteiger charge is -2.12. The van der Waals surface area contributed by atoms with Gasteiger partial charge in [-0.05, 0) is 24.1 Å². The van der Waals surface area contributed by atoms with Crippen LogP contribution in [0.3, 0.4) is 0 Å². The van der Waals surface area contributed by atoms with Crippen molar-refractivity contribution in [1.29, 1.82) is 0 Å². The zero-order chi connectivity index (χ0) is 20.9. The lowest BCUT2D eigenvalue weighted by molar-refractivity contribution is -0.113. The third kappa shape index (κ3) is 4.69. The number of aryl methyl sites for hydroxylation is 1. The van der Waals surface area contributed by atoms with Crippen LogP contribution in [-0.4, -0.2) is 36.2 Å². The molecule has 0 unspecified atom stereocenters. The maximum atomic E-state index is 13.5. The molecular formula is C19H15FN6O2S2. The topological polar surface area (TPSA) is 103 Å². The van der Waals surface area contributed by atoms with E-state index in [2.05, 4.69) is 25.3 Å². The fourth-order valence-corrected chi connectivity index (χ4v) is 4.10. The van der Waals surface area contributed by atoms with Crippen LogP contribution in [0.1, 0.15) is 5.56 Å². The van der Waals surface area contributed by atoms with Crippen molar-refractivity contribution in [3.63, 3.8) is 0 Å². The van der Waals surface area contributed by atoms with Gasteiger partial charge in [-0.15, -0.1) is 11.3 Å². The van der Waals surface area contributed by atoms with Crippen LogP contribution in [0.25, 0.3) is 11.2 Å². The highest BCUT2D eigenvalue weighted by molar-refractivity contribution is 7.99. The van der Waals surface area contributed by atoms with Crippen LogP contribution in [0.5, 0.6) is 0 Å². The fourth-order valence-electron chi connectivity index (χ4n) is 2.74. The second-order valence-corrected chi connectivity index (χ2v) is 7.97. The van der Waals surface area contributed by atoms with Gasteiger partial charge in [-0.2, -0.15) is 0 Å². The average molecular weight is 443 g/mol. The molecule has 30 heavy (non-hydrogen) atoms. The molecule has 8 nitrogen and oxygen atoms in total. The third-order valence-electron chi connectivity index (χ3n) is 4.08. The third-order valence-corrected chi connectivity index (χ3v) is 5.75. The van der Waals surface area contributed by atoms with Gasteiger partial charge in [0.25, 0.3) is 5.56 Å². The van der Waals surface area contributed by atoms with Gasteiger partial charge in [0.1, 0.15) is 5.82 Å². The number of thiazole rings is 1. The van der Waals surface area contributed by atoms with E-state index in [1.807, 2.05) is 0 Å². The molecule has 0 saturated heterocycles. The van der Waals surface area contributed by atoms with Crippen molar-refractivity contribution in [2.75, 3.05) is 11.1 Å². The van der Waals surface area contributed by atoms with Gasteiger partial charge in [0.15, 0.2) is 21.5 Å². The number of benzene rings is 1. The number of carbonyl (C=O) groups excluding carboxylic acids is 1. The summed E-state index contributed by atoms with van der Waals surface area (Å²) in [5.41, 5.74) is 0.756. The molecule has 1 N–H and O–H groups in total. The molecule has 0 spiro atoms. The van der Waals surface area contributed by atoms with E-state index >= 15 is 0 Å².